The van der Waals surface area contributed by atoms with Crippen molar-refractivity contribution >= 4 is 17.6 Å². The molecule has 2 unspecified atom stereocenters. The molecule has 2 amide bonds. The Morgan fingerprint density at radius 1 is 1.09 bits per heavy atom. The van der Waals surface area contributed by atoms with Crippen LogP contribution in [0.5, 0.6) is 17.2 Å². The molecule has 8 heteroatoms. The number of amides is 2. The van der Waals surface area contributed by atoms with Gasteiger partial charge in [-0.1, -0.05) is 27.2 Å². The summed E-state index contributed by atoms with van der Waals surface area (Å²) in [5.41, 5.74) is -0.720. The van der Waals surface area contributed by atoms with Crippen molar-refractivity contribution in [2.24, 2.45) is 5.41 Å². The van der Waals surface area contributed by atoms with Crippen LogP contribution in [0, 0.1) is 5.41 Å². The van der Waals surface area contributed by atoms with E-state index in [4.69, 9.17) is 14.2 Å². The van der Waals surface area contributed by atoms with Crippen LogP contribution in [-0.4, -0.2) is 73.4 Å². The standard InChI is InChI=1S/C26H38N2O6/c1-6-13-26(2,3)23(29)25(31)28-18-8-7-9-20(28)24(30)27(14-12-18)15-16-34-19-10-11-21(32-4)22(17-19)33-5/h10-11,17-18,20H,6-9,12-16H2,1-5H3. The number of Topliss-reactive ketones (excluding diaryl/α,β-unsaturated/α-hetero) is 1. The van der Waals surface area contributed by atoms with E-state index >= 15 is 0 Å². The fourth-order valence-electron chi connectivity index (χ4n) is 5.09. The highest BCUT2D eigenvalue weighted by Gasteiger charge is 2.46. The Kier molecular flexibility index (Phi) is 8.44. The fourth-order valence-corrected chi connectivity index (χ4v) is 5.09. The van der Waals surface area contributed by atoms with E-state index in [9.17, 15) is 14.4 Å². The van der Waals surface area contributed by atoms with Crippen LogP contribution < -0.4 is 14.2 Å². The van der Waals surface area contributed by atoms with Crippen molar-refractivity contribution in [1.29, 1.82) is 0 Å². The van der Waals surface area contributed by atoms with E-state index in [1.54, 1.807) is 42.2 Å². The number of nitrogens with zero attached hydrogens (tertiary/aromatic N) is 2. The Labute approximate surface area is 202 Å². The lowest BCUT2D eigenvalue weighted by molar-refractivity contribution is -0.157. The number of carbonyl (C=O) groups excluding carboxylic acids is 3. The average molecular weight is 475 g/mol. The van der Waals surface area contributed by atoms with Gasteiger partial charge in [-0.2, -0.15) is 0 Å². The highest BCUT2D eigenvalue weighted by atomic mass is 16.5. The highest BCUT2D eigenvalue weighted by Crippen LogP contribution is 2.33. The van der Waals surface area contributed by atoms with E-state index in [0.717, 1.165) is 19.3 Å². The molecule has 2 fully saturated rings. The normalized spacial score (nSPS) is 20.6. The average Bonchev–Trinajstić information content (AvgIpc) is 2.90. The number of rotatable bonds is 10. The maximum Gasteiger partial charge on any atom is 0.291 e. The molecule has 1 aromatic carbocycles. The quantitative estimate of drug-likeness (QED) is 0.483. The van der Waals surface area contributed by atoms with Crippen LogP contribution in [0.2, 0.25) is 0 Å². The molecular weight excluding hydrogens is 436 g/mol. The zero-order chi connectivity index (χ0) is 24.9. The van der Waals surface area contributed by atoms with Crippen LogP contribution in [-0.2, 0) is 14.4 Å². The first-order valence-electron chi connectivity index (χ1n) is 12.2. The lowest BCUT2D eigenvalue weighted by Gasteiger charge is -2.40. The molecule has 2 aliphatic rings. The Balaban J connectivity index is 1.68. The van der Waals surface area contributed by atoms with Crippen LogP contribution in [0.3, 0.4) is 0 Å². The van der Waals surface area contributed by atoms with E-state index in [1.807, 2.05) is 20.8 Å². The molecule has 0 aromatic heterocycles. The second-order valence-electron chi connectivity index (χ2n) is 9.76. The molecule has 188 valence electrons. The van der Waals surface area contributed by atoms with E-state index in [1.165, 1.54) is 0 Å². The van der Waals surface area contributed by atoms with Gasteiger partial charge in [0.1, 0.15) is 18.4 Å². The number of piperidine rings is 1. The molecule has 2 heterocycles. The number of fused-ring (bicyclic) bond motifs is 2. The van der Waals surface area contributed by atoms with Gasteiger partial charge in [0.15, 0.2) is 11.5 Å². The van der Waals surface area contributed by atoms with Gasteiger partial charge in [0.2, 0.25) is 11.7 Å². The van der Waals surface area contributed by atoms with E-state index in [0.29, 0.717) is 56.2 Å². The molecule has 34 heavy (non-hydrogen) atoms. The molecule has 8 nitrogen and oxygen atoms in total. The third-order valence-electron chi connectivity index (χ3n) is 6.98. The Morgan fingerprint density at radius 3 is 2.50 bits per heavy atom. The van der Waals surface area contributed by atoms with Crippen molar-refractivity contribution in [2.75, 3.05) is 33.9 Å². The number of ether oxygens (including phenoxy) is 3. The number of methoxy groups -OCH3 is 2. The van der Waals surface area contributed by atoms with E-state index < -0.39 is 17.4 Å². The molecule has 0 N–H and O–H groups in total. The molecule has 2 atom stereocenters. The van der Waals surface area contributed by atoms with E-state index in [2.05, 4.69) is 0 Å². The molecule has 0 aliphatic carbocycles. The first kappa shape index (κ1) is 25.8. The lowest BCUT2D eigenvalue weighted by atomic mass is 9.82. The second-order valence-corrected chi connectivity index (χ2v) is 9.76. The molecule has 0 spiro atoms. The highest BCUT2D eigenvalue weighted by molar-refractivity contribution is 6.38. The van der Waals surface area contributed by atoms with Crippen molar-refractivity contribution in [1.82, 2.24) is 9.80 Å². The lowest BCUT2D eigenvalue weighted by Crippen LogP contribution is -2.57. The molecule has 3 rings (SSSR count). The topological polar surface area (TPSA) is 85.4 Å². The zero-order valence-corrected chi connectivity index (χ0v) is 21.1. The van der Waals surface area contributed by atoms with Crippen molar-refractivity contribution in [3.8, 4) is 17.2 Å². The second kappa shape index (κ2) is 11.1. The Morgan fingerprint density at radius 2 is 1.82 bits per heavy atom. The van der Waals surface area contributed by atoms with Crippen LogP contribution in [0.25, 0.3) is 0 Å². The van der Waals surface area contributed by atoms with Gasteiger partial charge in [-0.25, -0.2) is 0 Å². The summed E-state index contributed by atoms with van der Waals surface area (Å²) in [6, 6.07) is 4.67. The molecule has 2 saturated heterocycles. The van der Waals surface area contributed by atoms with Gasteiger partial charge < -0.3 is 24.0 Å². The van der Waals surface area contributed by atoms with Gasteiger partial charge in [0.05, 0.1) is 20.8 Å². The van der Waals surface area contributed by atoms with Crippen LogP contribution in [0.1, 0.15) is 59.3 Å². The number of ketones is 1. The molecule has 0 saturated carbocycles. The monoisotopic (exact) mass is 474 g/mol. The van der Waals surface area contributed by atoms with Crippen LogP contribution >= 0.6 is 0 Å². The molecule has 0 radical (unpaired) electrons. The molecule has 2 aliphatic heterocycles. The van der Waals surface area contributed by atoms with Crippen LogP contribution in [0.15, 0.2) is 18.2 Å². The van der Waals surface area contributed by atoms with Crippen molar-refractivity contribution in [3.63, 3.8) is 0 Å². The summed E-state index contributed by atoms with van der Waals surface area (Å²) in [5.74, 6) is 0.844. The predicted octanol–water partition coefficient (Wildman–Crippen LogP) is 3.46. The van der Waals surface area contributed by atoms with Crippen molar-refractivity contribution in [2.45, 2.75) is 71.4 Å². The van der Waals surface area contributed by atoms with Crippen LogP contribution in [0.4, 0.5) is 0 Å². The summed E-state index contributed by atoms with van der Waals surface area (Å²) in [6.07, 6.45) is 4.45. The number of benzene rings is 1. The SMILES string of the molecule is CCCC(C)(C)C(=O)C(=O)N1C2CCCC1C(=O)N(CCOc1ccc(OC)c(OC)c1)CC2. The summed E-state index contributed by atoms with van der Waals surface area (Å²) in [4.78, 5) is 43.2. The maximum absolute atomic E-state index is 13.4. The number of hydrogen-bond donors (Lipinski definition) is 0. The van der Waals surface area contributed by atoms with Crippen molar-refractivity contribution in [3.05, 3.63) is 18.2 Å². The van der Waals surface area contributed by atoms with E-state index in [-0.39, 0.29) is 17.7 Å². The van der Waals surface area contributed by atoms with Gasteiger partial charge in [0.25, 0.3) is 5.91 Å². The Hall–Kier alpha value is -2.77. The Bertz CT molecular complexity index is 899. The molecule has 2 bridgehead atoms. The molecular formula is C26H38N2O6. The predicted molar refractivity (Wildman–Crippen MR) is 128 cm³/mol. The summed E-state index contributed by atoms with van der Waals surface area (Å²) >= 11 is 0. The first-order chi connectivity index (χ1) is 16.2. The van der Waals surface area contributed by atoms with Crippen molar-refractivity contribution < 1.29 is 28.6 Å². The van der Waals surface area contributed by atoms with Gasteiger partial charge >= 0.3 is 0 Å². The van der Waals surface area contributed by atoms with Gasteiger partial charge in [0, 0.05) is 24.1 Å². The summed E-state index contributed by atoms with van der Waals surface area (Å²) < 4.78 is 16.4. The van der Waals surface area contributed by atoms with Gasteiger partial charge in [-0.05, 0) is 44.2 Å². The number of hydrogen-bond acceptors (Lipinski definition) is 6. The third-order valence-corrected chi connectivity index (χ3v) is 6.98. The molecule has 1 aromatic rings. The van der Waals surface area contributed by atoms with Gasteiger partial charge in [-0.15, -0.1) is 0 Å². The minimum atomic E-state index is -0.720. The summed E-state index contributed by atoms with van der Waals surface area (Å²) in [7, 11) is 3.14. The summed E-state index contributed by atoms with van der Waals surface area (Å²) in [5, 5.41) is 0. The largest absolute Gasteiger partial charge is 0.493 e. The third kappa shape index (κ3) is 5.47. The minimum Gasteiger partial charge on any atom is -0.493 e. The first-order valence-corrected chi connectivity index (χ1v) is 12.2. The zero-order valence-electron chi connectivity index (χ0n) is 21.1. The smallest absolute Gasteiger partial charge is 0.291 e. The summed E-state index contributed by atoms with van der Waals surface area (Å²) in [6.45, 7) is 6.92. The maximum atomic E-state index is 13.4. The number of carbonyl (C=O) groups is 3. The minimum absolute atomic E-state index is 0.0756. The van der Waals surface area contributed by atoms with Gasteiger partial charge in [-0.3, -0.25) is 14.4 Å². The fraction of sp³-hybridized carbons (Fsp3) is 0.654.